The Morgan fingerprint density at radius 1 is 1.11 bits per heavy atom. The van der Waals surface area contributed by atoms with E-state index in [0.29, 0.717) is 18.3 Å². The Kier molecular flexibility index (Phi) is 6.50. The van der Waals surface area contributed by atoms with E-state index in [1.807, 2.05) is 68.6 Å². The Balaban J connectivity index is 1.66. The number of halogens is 1. The van der Waals surface area contributed by atoms with E-state index in [9.17, 15) is 0 Å². The van der Waals surface area contributed by atoms with Gasteiger partial charge in [0, 0.05) is 18.7 Å². The molecule has 0 spiro atoms. The first-order valence-electron chi connectivity index (χ1n) is 8.89. The molecule has 0 aliphatic heterocycles. The first-order valence-corrected chi connectivity index (χ1v) is 9.27. The summed E-state index contributed by atoms with van der Waals surface area (Å²) < 4.78 is 7.65. The molecule has 1 N–H and O–H groups in total. The van der Waals surface area contributed by atoms with Crippen LogP contribution in [0.2, 0.25) is 5.15 Å². The van der Waals surface area contributed by atoms with Gasteiger partial charge < -0.3 is 9.84 Å². The van der Waals surface area contributed by atoms with Crippen LogP contribution in [0.3, 0.4) is 0 Å². The summed E-state index contributed by atoms with van der Waals surface area (Å²) in [5, 5.41) is 14.1. The number of benzene rings is 2. The van der Waals surface area contributed by atoms with E-state index in [0.717, 1.165) is 29.2 Å². The fraction of sp³-hybridized carbons (Fsp3) is 0.286. The lowest BCUT2D eigenvalue weighted by Gasteiger charge is -2.15. The van der Waals surface area contributed by atoms with Crippen molar-refractivity contribution >= 4 is 11.6 Å². The maximum atomic E-state index is 8.98. The summed E-state index contributed by atoms with van der Waals surface area (Å²) >= 11 is 6.54. The quantitative estimate of drug-likeness (QED) is 0.640. The molecule has 0 radical (unpaired) electrons. The normalized spacial score (nSPS) is 11.1. The molecule has 0 bridgehead atoms. The molecule has 0 atom stereocenters. The highest BCUT2D eigenvalue weighted by atomic mass is 35.5. The molecule has 0 amide bonds. The molecule has 5 nitrogen and oxygen atoms in total. The molecule has 3 aromatic rings. The number of aryl methyl sites for hydroxylation is 1. The van der Waals surface area contributed by atoms with E-state index < -0.39 is 0 Å². The van der Waals surface area contributed by atoms with Crippen LogP contribution in [0.15, 0.2) is 54.6 Å². The molecule has 0 aliphatic rings. The zero-order valence-electron chi connectivity index (χ0n) is 15.6. The third-order valence-corrected chi connectivity index (χ3v) is 4.75. The van der Waals surface area contributed by atoms with Crippen LogP contribution in [-0.2, 0) is 13.2 Å². The fourth-order valence-corrected chi connectivity index (χ4v) is 3.17. The van der Waals surface area contributed by atoms with Crippen LogP contribution in [0.1, 0.15) is 16.8 Å². The minimum Gasteiger partial charge on any atom is -0.489 e. The molecule has 27 heavy (non-hydrogen) atoms. The topological polar surface area (TPSA) is 50.5 Å². The van der Waals surface area contributed by atoms with E-state index in [2.05, 4.69) is 10.00 Å². The zero-order valence-corrected chi connectivity index (χ0v) is 16.4. The van der Waals surface area contributed by atoms with Gasteiger partial charge in [-0.25, -0.2) is 4.68 Å². The van der Waals surface area contributed by atoms with Gasteiger partial charge in [-0.3, -0.25) is 4.90 Å². The largest absolute Gasteiger partial charge is 0.489 e. The van der Waals surface area contributed by atoms with Gasteiger partial charge in [0.25, 0.3) is 0 Å². The Morgan fingerprint density at radius 2 is 1.81 bits per heavy atom. The third kappa shape index (κ3) is 4.89. The second-order valence-corrected chi connectivity index (χ2v) is 6.85. The standard InChI is InChI=1S/C21H24ClN3O2/c1-16-20(21(22)25(23-16)18-6-4-3-5-7-18)15-27-19-10-8-17(9-11-19)14-24(2)12-13-26/h3-11,26H,12-15H2,1-2H3. The smallest absolute Gasteiger partial charge is 0.139 e. The van der Waals surface area contributed by atoms with Crippen LogP contribution < -0.4 is 4.74 Å². The summed E-state index contributed by atoms with van der Waals surface area (Å²) in [5.74, 6) is 0.784. The molecule has 2 aromatic carbocycles. The number of para-hydroxylation sites is 1. The number of ether oxygens (including phenoxy) is 1. The van der Waals surface area contributed by atoms with Gasteiger partial charge in [0.05, 0.1) is 18.0 Å². The van der Waals surface area contributed by atoms with Crippen molar-refractivity contribution in [3.8, 4) is 11.4 Å². The minimum atomic E-state index is 0.161. The SMILES string of the molecule is Cc1nn(-c2ccccc2)c(Cl)c1COc1ccc(CN(C)CCO)cc1. The van der Waals surface area contributed by atoms with E-state index in [-0.39, 0.29) is 6.61 Å². The van der Waals surface area contributed by atoms with Crippen LogP contribution in [0, 0.1) is 6.92 Å². The average molecular weight is 386 g/mol. The van der Waals surface area contributed by atoms with Crippen LogP contribution in [0.25, 0.3) is 5.69 Å². The van der Waals surface area contributed by atoms with E-state index in [1.165, 1.54) is 5.56 Å². The fourth-order valence-electron chi connectivity index (χ4n) is 2.84. The van der Waals surface area contributed by atoms with Gasteiger partial charge in [0.2, 0.25) is 0 Å². The van der Waals surface area contributed by atoms with Crippen molar-refractivity contribution in [1.82, 2.24) is 14.7 Å². The molecular weight excluding hydrogens is 362 g/mol. The summed E-state index contributed by atoms with van der Waals surface area (Å²) in [5.41, 5.74) is 3.83. The van der Waals surface area contributed by atoms with Crippen LogP contribution in [0.5, 0.6) is 5.75 Å². The second kappa shape index (κ2) is 9.04. The number of aliphatic hydroxyl groups excluding tert-OH is 1. The predicted molar refractivity (Wildman–Crippen MR) is 108 cm³/mol. The lowest BCUT2D eigenvalue weighted by Crippen LogP contribution is -2.21. The lowest BCUT2D eigenvalue weighted by atomic mass is 10.2. The van der Waals surface area contributed by atoms with Gasteiger partial charge in [0.1, 0.15) is 17.5 Å². The van der Waals surface area contributed by atoms with Crippen molar-refractivity contribution in [2.45, 2.75) is 20.1 Å². The van der Waals surface area contributed by atoms with Gasteiger partial charge in [-0.15, -0.1) is 0 Å². The third-order valence-electron chi connectivity index (χ3n) is 4.36. The van der Waals surface area contributed by atoms with Gasteiger partial charge in [-0.05, 0) is 43.8 Å². The Hall–Kier alpha value is -2.34. The van der Waals surface area contributed by atoms with Crippen LogP contribution >= 0.6 is 11.6 Å². The second-order valence-electron chi connectivity index (χ2n) is 6.50. The Labute approximate surface area is 164 Å². The van der Waals surface area contributed by atoms with Crippen molar-refractivity contribution in [2.24, 2.45) is 0 Å². The van der Waals surface area contributed by atoms with E-state index >= 15 is 0 Å². The maximum Gasteiger partial charge on any atom is 0.139 e. The molecule has 0 aliphatic carbocycles. The molecule has 3 rings (SSSR count). The number of aliphatic hydroxyl groups is 1. The molecule has 0 fully saturated rings. The zero-order chi connectivity index (χ0) is 19.2. The monoisotopic (exact) mass is 385 g/mol. The van der Waals surface area contributed by atoms with E-state index in [1.54, 1.807) is 4.68 Å². The number of hydrogen-bond acceptors (Lipinski definition) is 4. The predicted octanol–water partition coefficient (Wildman–Crippen LogP) is 3.84. The summed E-state index contributed by atoms with van der Waals surface area (Å²) in [7, 11) is 1.98. The maximum absolute atomic E-state index is 8.98. The average Bonchev–Trinajstić information content (AvgIpc) is 2.96. The van der Waals surface area contributed by atoms with Crippen molar-refractivity contribution < 1.29 is 9.84 Å². The van der Waals surface area contributed by atoms with Crippen LogP contribution in [-0.4, -0.2) is 40.0 Å². The van der Waals surface area contributed by atoms with Crippen molar-refractivity contribution in [1.29, 1.82) is 0 Å². The molecule has 1 heterocycles. The van der Waals surface area contributed by atoms with Gasteiger partial charge >= 0.3 is 0 Å². The number of likely N-dealkylation sites (N-methyl/N-ethyl adjacent to an activating group) is 1. The van der Waals surface area contributed by atoms with Gasteiger partial charge in [-0.1, -0.05) is 41.9 Å². The molecular formula is C21H24ClN3O2. The van der Waals surface area contributed by atoms with Gasteiger partial charge in [0.15, 0.2) is 0 Å². The van der Waals surface area contributed by atoms with Crippen molar-refractivity contribution in [3.05, 3.63) is 76.6 Å². The van der Waals surface area contributed by atoms with Crippen LogP contribution in [0.4, 0.5) is 0 Å². The Bertz CT molecular complexity index is 863. The number of aromatic nitrogens is 2. The minimum absolute atomic E-state index is 0.161. The van der Waals surface area contributed by atoms with Crippen molar-refractivity contribution in [3.63, 3.8) is 0 Å². The Morgan fingerprint density at radius 3 is 2.48 bits per heavy atom. The molecule has 0 saturated carbocycles. The molecule has 1 aromatic heterocycles. The molecule has 6 heteroatoms. The number of nitrogens with zero attached hydrogens (tertiary/aromatic N) is 3. The highest BCUT2D eigenvalue weighted by Crippen LogP contribution is 2.25. The number of rotatable bonds is 8. The van der Waals surface area contributed by atoms with E-state index in [4.69, 9.17) is 21.4 Å². The van der Waals surface area contributed by atoms with Gasteiger partial charge in [-0.2, -0.15) is 5.10 Å². The molecule has 0 saturated heterocycles. The highest BCUT2D eigenvalue weighted by molar-refractivity contribution is 6.30. The first kappa shape index (κ1) is 19.4. The summed E-state index contributed by atoms with van der Waals surface area (Å²) in [6.07, 6.45) is 0. The number of hydrogen-bond donors (Lipinski definition) is 1. The summed E-state index contributed by atoms with van der Waals surface area (Å²) in [4.78, 5) is 2.07. The highest BCUT2D eigenvalue weighted by Gasteiger charge is 2.15. The molecule has 0 unspecified atom stereocenters. The summed E-state index contributed by atoms with van der Waals surface area (Å²) in [6.45, 7) is 3.90. The summed E-state index contributed by atoms with van der Waals surface area (Å²) in [6, 6.07) is 17.8. The van der Waals surface area contributed by atoms with Crippen molar-refractivity contribution in [2.75, 3.05) is 20.2 Å². The lowest BCUT2D eigenvalue weighted by molar-refractivity contribution is 0.217. The molecule has 142 valence electrons. The first-order chi connectivity index (χ1) is 13.1.